The third-order valence-electron chi connectivity index (χ3n) is 2.68. The summed E-state index contributed by atoms with van der Waals surface area (Å²) in [5, 5.41) is 3.44. The predicted octanol–water partition coefficient (Wildman–Crippen LogP) is 4.54. The highest BCUT2D eigenvalue weighted by molar-refractivity contribution is 6.31. The number of aryl methyl sites for hydroxylation is 1. The van der Waals surface area contributed by atoms with Crippen LogP contribution in [0.25, 0.3) is 0 Å². The molecule has 0 spiro atoms. The van der Waals surface area contributed by atoms with E-state index in [2.05, 4.69) is 5.32 Å². The van der Waals surface area contributed by atoms with Crippen LogP contribution in [-0.4, -0.2) is 0 Å². The molecule has 0 bridgehead atoms. The number of hydrogen-bond donors (Lipinski definition) is 1. The van der Waals surface area contributed by atoms with Gasteiger partial charge in [0.05, 0.1) is 0 Å². The maximum atomic E-state index is 13.1. The van der Waals surface area contributed by atoms with Gasteiger partial charge in [0.1, 0.15) is 11.6 Å². The minimum atomic E-state index is -0.370. The molecule has 0 aliphatic rings. The molecule has 18 heavy (non-hydrogen) atoms. The number of hydrogen-bond acceptors (Lipinski definition) is 1. The molecule has 0 atom stereocenters. The molecule has 0 radical (unpaired) electrons. The maximum absolute atomic E-state index is 13.1. The van der Waals surface area contributed by atoms with Gasteiger partial charge in [-0.15, -0.1) is 0 Å². The molecule has 4 heteroatoms. The Morgan fingerprint density at radius 1 is 1.06 bits per heavy atom. The van der Waals surface area contributed by atoms with E-state index in [4.69, 9.17) is 11.6 Å². The highest BCUT2D eigenvalue weighted by Crippen LogP contribution is 2.21. The number of rotatable bonds is 3. The Labute approximate surface area is 109 Å². The van der Waals surface area contributed by atoms with Crippen LogP contribution in [0.5, 0.6) is 0 Å². The number of benzene rings is 2. The van der Waals surface area contributed by atoms with Gasteiger partial charge in [-0.1, -0.05) is 23.7 Å². The van der Waals surface area contributed by atoms with E-state index in [0.29, 0.717) is 17.3 Å². The molecule has 2 aromatic carbocycles. The largest absolute Gasteiger partial charge is 0.381 e. The Kier molecular flexibility index (Phi) is 3.82. The lowest BCUT2D eigenvalue weighted by Crippen LogP contribution is -2.02. The van der Waals surface area contributed by atoms with Crippen LogP contribution in [0.2, 0.25) is 5.02 Å². The monoisotopic (exact) mass is 267 g/mol. The summed E-state index contributed by atoms with van der Waals surface area (Å²) in [4.78, 5) is 0. The summed E-state index contributed by atoms with van der Waals surface area (Å²) in [6, 6.07) is 8.75. The van der Waals surface area contributed by atoms with Gasteiger partial charge in [0.15, 0.2) is 0 Å². The summed E-state index contributed by atoms with van der Waals surface area (Å²) in [6.07, 6.45) is 0. The molecule has 0 heterocycles. The lowest BCUT2D eigenvalue weighted by atomic mass is 10.1. The lowest BCUT2D eigenvalue weighted by molar-refractivity contribution is 0.627. The van der Waals surface area contributed by atoms with Crippen molar-refractivity contribution in [3.63, 3.8) is 0 Å². The lowest BCUT2D eigenvalue weighted by Gasteiger charge is -2.10. The number of anilines is 1. The molecule has 0 amide bonds. The minimum absolute atomic E-state index is 0.298. The van der Waals surface area contributed by atoms with Crippen molar-refractivity contribution in [1.29, 1.82) is 0 Å². The first-order valence-corrected chi connectivity index (χ1v) is 5.88. The van der Waals surface area contributed by atoms with Gasteiger partial charge in [0.2, 0.25) is 0 Å². The average molecular weight is 268 g/mol. The fraction of sp³-hybridized carbons (Fsp3) is 0.143. The Bertz CT molecular complexity index is 570. The first kappa shape index (κ1) is 12.8. The molecule has 0 aliphatic heterocycles. The summed E-state index contributed by atoms with van der Waals surface area (Å²) in [6.45, 7) is 2.30. The van der Waals surface area contributed by atoms with Crippen molar-refractivity contribution in [2.75, 3.05) is 5.32 Å². The fourth-order valence-corrected chi connectivity index (χ4v) is 1.87. The molecule has 0 aliphatic carbocycles. The first-order chi connectivity index (χ1) is 8.56. The standard InChI is InChI=1S/C14H12ClF2N/c1-9-2-4-12(17)7-14(9)18-8-10-3-5-11(16)6-13(10)15/h2-7,18H,8H2,1H3. The van der Waals surface area contributed by atoms with Crippen molar-refractivity contribution in [3.8, 4) is 0 Å². The second-order valence-electron chi connectivity index (χ2n) is 4.05. The summed E-state index contributed by atoms with van der Waals surface area (Å²) >= 11 is 5.91. The molecule has 1 N–H and O–H groups in total. The minimum Gasteiger partial charge on any atom is -0.381 e. The number of nitrogens with one attached hydrogen (secondary N) is 1. The molecule has 2 rings (SSSR count). The Morgan fingerprint density at radius 3 is 2.44 bits per heavy atom. The van der Waals surface area contributed by atoms with Crippen molar-refractivity contribution < 1.29 is 8.78 Å². The van der Waals surface area contributed by atoms with Crippen LogP contribution < -0.4 is 5.32 Å². The van der Waals surface area contributed by atoms with Crippen LogP contribution in [-0.2, 0) is 6.54 Å². The highest BCUT2D eigenvalue weighted by Gasteiger charge is 2.04. The van der Waals surface area contributed by atoms with Gasteiger partial charge in [-0.3, -0.25) is 0 Å². The van der Waals surface area contributed by atoms with Gasteiger partial charge in [-0.05, 0) is 42.3 Å². The molecular weight excluding hydrogens is 256 g/mol. The van der Waals surface area contributed by atoms with Crippen LogP contribution in [0.15, 0.2) is 36.4 Å². The van der Waals surface area contributed by atoms with Crippen molar-refractivity contribution in [3.05, 3.63) is 64.2 Å². The summed E-state index contributed by atoms with van der Waals surface area (Å²) in [7, 11) is 0. The third kappa shape index (κ3) is 2.99. The first-order valence-electron chi connectivity index (χ1n) is 5.50. The van der Waals surface area contributed by atoms with Crippen molar-refractivity contribution in [1.82, 2.24) is 0 Å². The van der Waals surface area contributed by atoms with Gasteiger partial charge in [-0.2, -0.15) is 0 Å². The van der Waals surface area contributed by atoms with Crippen LogP contribution in [0.3, 0.4) is 0 Å². The second-order valence-corrected chi connectivity index (χ2v) is 4.46. The van der Waals surface area contributed by atoms with Crippen molar-refractivity contribution in [2.24, 2.45) is 0 Å². The second kappa shape index (κ2) is 5.36. The van der Waals surface area contributed by atoms with Gasteiger partial charge < -0.3 is 5.32 Å². The maximum Gasteiger partial charge on any atom is 0.125 e. The van der Waals surface area contributed by atoms with Crippen molar-refractivity contribution in [2.45, 2.75) is 13.5 Å². The Hall–Kier alpha value is -1.61. The Morgan fingerprint density at radius 2 is 1.72 bits per heavy atom. The predicted molar refractivity (Wildman–Crippen MR) is 69.9 cm³/mol. The van der Waals surface area contributed by atoms with Crippen molar-refractivity contribution >= 4 is 17.3 Å². The van der Waals surface area contributed by atoms with Gasteiger partial charge in [0, 0.05) is 17.3 Å². The van der Waals surface area contributed by atoms with Crippen LogP contribution in [0.4, 0.5) is 14.5 Å². The molecular formula is C14H12ClF2N. The van der Waals surface area contributed by atoms with E-state index in [1.54, 1.807) is 12.1 Å². The van der Waals surface area contributed by atoms with E-state index in [9.17, 15) is 8.78 Å². The topological polar surface area (TPSA) is 12.0 Å². The van der Waals surface area contributed by atoms with E-state index in [1.165, 1.54) is 24.3 Å². The van der Waals surface area contributed by atoms with E-state index in [-0.39, 0.29) is 11.6 Å². The van der Waals surface area contributed by atoms with Crippen LogP contribution in [0, 0.1) is 18.6 Å². The van der Waals surface area contributed by atoms with Crippen LogP contribution in [0.1, 0.15) is 11.1 Å². The molecule has 0 fully saturated rings. The number of halogens is 3. The van der Waals surface area contributed by atoms with Gasteiger partial charge in [-0.25, -0.2) is 8.78 Å². The molecule has 0 aromatic heterocycles. The van der Waals surface area contributed by atoms with E-state index in [0.717, 1.165) is 11.1 Å². The summed E-state index contributed by atoms with van der Waals surface area (Å²) in [5.41, 5.74) is 2.41. The van der Waals surface area contributed by atoms with Crippen LogP contribution >= 0.6 is 11.6 Å². The molecule has 2 aromatic rings. The highest BCUT2D eigenvalue weighted by atomic mass is 35.5. The molecule has 0 saturated heterocycles. The van der Waals surface area contributed by atoms with Gasteiger partial charge >= 0.3 is 0 Å². The Balaban J connectivity index is 2.13. The molecule has 1 nitrogen and oxygen atoms in total. The normalized spacial score (nSPS) is 10.4. The zero-order valence-electron chi connectivity index (χ0n) is 9.81. The summed E-state index contributed by atoms with van der Waals surface area (Å²) < 4.78 is 26.0. The van der Waals surface area contributed by atoms with E-state index in [1.807, 2.05) is 6.92 Å². The third-order valence-corrected chi connectivity index (χ3v) is 3.04. The molecule has 94 valence electrons. The average Bonchev–Trinajstić information content (AvgIpc) is 2.32. The quantitative estimate of drug-likeness (QED) is 0.861. The zero-order valence-corrected chi connectivity index (χ0v) is 10.6. The smallest absolute Gasteiger partial charge is 0.125 e. The zero-order chi connectivity index (χ0) is 13.1. The fourth-order valence-electron chi connectivity index (χ4n) is 1.64. The van der Waals surface area contributed by atoms with Gasteiger partial charge in [0.25, 0.3) is 0 Å². The van der Waals surface area contributed by atoms with E-state index >= 15 is 0 Å². The summed E-state index contributed by atoms with van der Waals surface area (Å²) in [5.74, 6) is -0.668. The SMILES string of the molecule is Cc1ccc(F)cc1NCc1ccc(F)cc1Cl. The molecule has 0 saturated carbocycles. The molecule has 0 unspecified atom stereocenters. The van der Waals surface area contributed by atoms with E-state index < -0.39 is 0 Å².